The first-order valence-electron chi connectivity index (χ1n) is 23.1. The van der Waals surface area contributed by atoms with Crippen molar-refractivity contribution in [2.45, 2.75) is 38.4 Å². The zero-order valence-corrected chi connectivity index (χ0v) is 38.5. The Morgan fingerprint density at radius 1 is 0.899 bits per heavy atom. The summed E-state index contributed by atoms with van der Waals surface area (Å²) >= 11 is 1.27. The number of anilines is 4. The molecule has 69 heavy (non-hydrogen) atoms. The Hall–Kier alpha value is -7.26. The number of fused-ring (bicyclic) bond motifs is 3. The van der Waals surface area contributed by atoms with E-state index in [2.05, 4.69) is 35.5 Å². The summed E-state index contributed by atoms with van der Waals surface area (Å²) in [5.41, 5.74) is 5.35. The molecule has 21 heteroatoms. The lowest BCUT2D eigenvalue weighted by Gasteiger charge is -2.61. The van der Waals surface area contributed by atoms with Crippen molar-refractivity contribution in [3.63, 3.8) is 0 Å². The van der Waals surface area contributed by atoms with Crippen LogP contribution in [0.15, 0.2) is 66.4 Å². The minimum Gasteiger partial charge on any atom is -0.370 e. The summed E-state index contributed by atoms with van der Waals surface area (Å²) in [5, 5.41) is 12.3. The van der Waals surface area contributed by atoms with E-state index in [9.17, 15) is 24.0 Å². The molecule has 0 bridgehead atoms. The number of urea groups is 1. The van der Waals surface area contributed by atoms with E-state index in [0.717, 1.165) is 49.4 Å². The number of hydrogen-bond donors (Lipinski definition) is 2. The summed E-state index contributed by atoms with van der Waals surface area (Å²) in [4.78, 5) is 85.4. The lowest BCUT2D eigenvalue weighted by atomic mass is 9.72. The predicted molar refractivity (Wildman–Crippen MR) is 256 cm³/mol. The summed E-state index contributed by atoms with van der Waals surface area (Å²) in [7, 11) is 1.74. The molecule has 1 spiro atoms. The van der Waals surface area contributed by atoms with Gasteiger partial charge in [-0.05, 0) is 60.4 Å². The van der Waals surface area contributed by atoms with Gasteiger partial charge in [-0.2, -0.15) is 5.10 Å². The number of likely N-dealkylation sites (tertiary alicyclic amines) is 1. The summed E-state index contributed by atoms with van der Waals surface area (Å²) in [6.07, 6.45) is 5.08. The third-order valence-electron chi connectivity index (χ3n) is 14.6. The van der Waals surface area contributed by atoms with E-state index in [1.165, 1.54) is 33.3 Å². The van der Waals surface area contributed by atoms with E-state index < -0.39 is 35.5 Å². The molecule has 12 rings (SSSR count). The van der Waals surface area contributed by atoms with Crippen LogP contribution < -0.4 is 25.3 Å². The zero-order chi connectivity index (χ0) is 47.3. The summed E-state index contributed by atoms with van der Waals surface area (Å²) in [6.45, 7) is 6.44. The van der Waals surface area contributed by atoms with Crippen LogP contribution in [0, 0.1) is 17.0 Å². The van der Waals surface area contributed by atoms with Crippen molar-refractivity contribution < 1.29 is 35.6 Å². The van der Waals surface area contributed by atoms with Crippen LogP contribution in [-0.4, -0.2) is 134 Å². The molecule has 1 atom stereocenters. The first-order valence-corrected chi connectivity index (χ1v) is 24.0. The second-order valence-electron chi connectivity index (χ2n) is 19.0. The third-order valence-corrected chi connectivity index (χ3v) is 15.3. The number of carbonyl (C=O) groups excluding carboxylic acids is 5. The minimum atomic E-state index is -1.06. The van der Waals surface area contributed by atoms with Crippen molar-refractivity contribution >= 4 is 74.2 Å². The van der Waals surface area contributed by atoms with E-state index in [1.807, 2.05) is 38.6 Å². The SMILES string of the molecule is Cn1nc(N2CCC(=O)NC2=O)c2cc(F)c(N3CCN(CC(=O)N4CC5(C4)CN(c4ccc(-c6cc(F)c7c(c6)C(=O)N(C(C(=O)Nc6nccs6)c6ncn8c6CCC8)C7)cc4)C5)CC3)cc21.[HH].[HH]. The Morgan fingerprint density at radius 2 is 1.70 bits per heavy atom. The molecule has 18 nitrogen and oxygen atoms in total. The molecule has 3 aromatic carbocycles. The molecule has 6 amide bonds. The number of halogens is 2. The Balaban J connectivity index is 0.00000291. The van der Waals surface area contributed by atoms with Gasteiger partial charge in [0.25, 0.3) is 11.8 Å². The lowest BCUT2D eigenvalue weighted by Crippen LogP contribution is -2.73. The summed E-state index contributed by atoms with van der Waals surface area (Å²) in [6, 6.07) is 12.5. The minimum absolute atomic E-state index is 0. The second-order valence-corrected chi connectivity index (χ2v) is 19.9. The smallest absolute Gasteiger partial charge is 0.329 e. The molecule has 0 saturated carbocycles. The van der Waals surface area contributed by atoms with Gasteiger partial charge in [0.1, 0.15) is 11.6 Å². The average molecular weight is 960 g/mol. The van der Waals surface area contributed by atoms with Crippen LogP contribution in [0.25, 0.3) is 22.0 Å². The highest BCUT2D eigenvalue weighted by Crippen LogP contribution is 2.43. The number of benzene rings is 3. The van der Waals surface area contributed by atoms with Gasteiger partial charge in [-0.3, -0.25) is 44.3 Å². The zero-order valence-electron chi connectivity index (χ0n) is 37.7. The van der Waals surface area contributed by atoms with Crippen molar-refractivity contribution in [1.82, 2.24) is 44.3 Å². The number of nitrogens with one attached hydrogen (secondary N) is 2. The predicted octanol–water partition coefficient (Wildman–Crippen LogP) is 4.86. The molecule has 1 unspecified atom stereocenters. The molecule has 358 valence electrons. The molecule has 3 aromatic heterocycles. The van der Waals surface area contributed by atoms with Gasteiger partial charge in [0.2, 0.25) is 11.8 Å². The van der Waals surface area contributed by atoms with Crippen LogP contribution in [0.3, 0.4) is 0 Å². The number of aromatic nitrogens is 5. The molecule has 6 aliphatic heterocycles. The van der Waals surface area contributed by atoms with E-state index in [4.69, 9.17) is 0 Å². The quantitative estimate of drug-likeness (QED) is 0.192. The molecule has 4 saturated heterocycles. The first-order chi connectivity index (χ1) is 33.4. The molecule has 2 N–H and O–H groups in total. The van der Waals surface area contributed by atoms with Crippen molar-refractivity contribution in [2.24, 2.45) is 12.5 Å². The van der Waals surface area contributed by atoms with Crippen LogP contribution in [-0.2, 0) is 40.9 Å². The highest BCUT2D eigenvalue weighted by molar-refractivity contribution is 7.13. The number of hydrogen-bond acceptors (Lipinski definition) is 12. The number of carbonyl (C=O) groups is 5. The fraction of sp³-hybridized carbons (Fsp3) is 0.375. The highest BCUT2D eigenvalue weighted by Gasteiger charge is 2.53. The number of nitrogens with zero attached hydrogens (tertiary/aromatic N) is 11. The Labute approximate surface area is 401 Å². The van der Waals surface area contributed by atoms with E-state index in [-0.39, 0.29) is 50.7 Å². The Bertz CT molecular complexity index is 3110. The molecule has 0 aliphatic carbocycles. The fourth-order valence-corrected chi connectivity index (χ4v) is 11.5. The lowest BCUT2D eigenvalue weighted by molar-refractivity contribution is -0.146. The van der Waals surface area contributed by atoms with E-state index in [1.54, 1.807) is 41.8 Å². The monoisotopic (exact) mass is 959 g/mol. The number of aryl methyl sites for hydroxylation is 2. The van der Waals surface area contributed by atoms with Gasteiger partial charge in [-0.15, -0.1) is 11.3 Å². The average Bonchev–Trinajstić information content (AvgIpc) is 4.16. The van der Waals surface area contributed by atoms with Crippen LogP contribution in [0.5, 0.6) is 0 Å². The van der Waals surface area contributed by atoms with Crippen molar-refractivity contribution in [2.75, 3.05) is 85.5 Å². The normalized spacial score (nSPS) is 19.2. The van der Waals surface area contributed by atoms with Crippen LogP contribution in [0.4, 0.5) is 35.9 Å². The van der Waals surface area contributed by atoms with E-state index in [0.29, 0.717) is 84.6 Å². The number of amides is 6. The Kier molecular flexibility index (Phi) is 10.3. The van der Waals surface area contributed by atoms with Crippen molar-refractivity contribution in [3.8, 4) is 11.1 Å². The molecule has 6 aliphatic rings. The molecular formula is C48H51F2N13O5S. The van der Waals surface area contributed by atoms with Gasteiger partial charge in [-0.25, -0.2) is 23.5 Å². The van der Waals surface area contributed by atoms with Gasteiger partial charge in [-0.1, -0.05) is 12.1 Å². The molecular weight excluding hydrogens is 909 g/mol. The van der Waals surface area contributed by atoms with Crippen LogP contribution in [0.1, 0.15) is 49.0 Å². The summed E-state index contributed by atoms with van der Waals surface area (Å²) in [5.74, 6) is -1.78. The van der Waals surface area contributed by atoms with Crippen molar-refractivity contribution in [1.29, 1.82) is 0 Å². The molecule has 4 fully saturated rings. The largest absolute Gasteiger partial charge is 0.370 e. The van der Waals surface area contributed by atoms with Crippen LogP contribution >= 0.6 is 11.3 Å². The van der Waals surface area contributed by atoms with Crippen LogP contribution in [0.2, 0.25) is 0 Å². The number of imidazole rings is 1. The maximum atomic E-state index is 16.0. The van der Waals surface area contributed by atoms with Gasteiger partial charge in [0.15, 0.2) is 17.0 Å². The second kappa shape index (κ2) is 16.5. The Morgan fingerprint density at radius 3 is 2.45 bits per heavy atom. The topological polar surface area (TPSA) is 177 Å². The van der Waals surface area contributed by atoms with Gasteiger partial charge in [0.05, 0.1) is 36.3 Å². The standard InChI is InChI=1S/C48H47F2N13O5S.2H2/c1-56-37-20-38(35(50)19-32(37)43(55-56)62-11-8-39(64)53-47(62)68)58-14-12-57(13-15-58)22-40(65)61-25-48(26-61)23-60(24-48)30-6-4-28(5-7-30)29-17-31-33(34(49)18-29)21-63(45(31)67)42(44(66)54-46-51-9-16-69-46)41-36-3-2-10-59(36)27-52-41;;/h4-7,9,16-20,27,42H,2-3,8,10-15,21-26H2,1H3,(H,51,54,66)(H,53,64,68);2*1H. The number of imide groups is 1. The van der Waals surface area contributed by atoms with Crippen molar-refractivity contribution in [3.05, 3.63) is 101 Å². The molecule has 9 heterocycles. The molecule has 6 aromatic rings. The molecule has 0 radical (unpaired) electrons. The summed E-state index contributed by atoms with van der Waals surface area (Å²) < 4.78 is 35.3. The first kappa shape index (κ1) is 43.0. The number of rotatable bonds is 10. The van der Waals surface area contributed by atoms with Gasteiger partial charge >= 0.3 is 6.03 Å². The highest BCUT2D eigenvalue weighted by atomic mass is 32.1. The van der Waals surface area contributed by atoms with Gasteiger partial charge in [0, 0.05) is 127 Å². The third kappa shape index (κ3) is 7.45. The fourth-order valence-electron chi connectivity index (χ4n) is 11.0. The van der Waals surface area contributed by atoms with E-state index >= 15 is 8.78 Å². The van der Waals surface area contributed by atoms with Gasteiger partial charge < -0.3 is 24.2 Å². The maximum absolute atomic E-state index is 16.0. The number of piperazine rings is 1. The maximum Gasteiger partial charge on any atom is 0.329 e. The number of thiazole rings is 1.